The first kappa shape index (κ1) is 18.9. The zero-order valence-corrected chi connectivity index (χ0v) is 18.0. The number of benzene rings is 1. The summed E-state index contributed by atoms with van der Waals surface area (Å²) < 4.78 is 3.36. The molecule has 0 atom stereocenters. The number of carbonyl (C=O) groups is 1. The summed E-state index contributed by atoms with van der Waals surface area (Å²) in [6.45, 7) is 10.8. The lowest BCUT2D eigenvalue weighted by Crippen LogP contribution is -2.30. The van der Waals surface area contributed by atoms with E-state index < -0.39 is 0 Å². The summed E-state index contributed by atoms with van der Waals surface area (Å²) in [5.74, 6) is -0.0716. The molecule has 0 aliphatic carbocycles. The van der Waals surface area contributed by atoms with Crippen LogP contribution < -0.4 is 5.32 Å². The number of amides is 1. The Labute approximate surface area is 168 Å². The molecule has 6 heteroatoms. The second-order valence-corrected chi connectivity index (χ2v) is 7.77. The lowest BCUT2D eigenvalue weighted by molar-refractivity contribution is -0.122. The van der Waals surface area contributed by atoms with Gasteiger partial charge in [0.2, 0.25) is 0 Å². The zero-order chi connectivity index (χ0) is 19.2. The van der Waals surface area contributed by atoms with Gasteiger partial charge in [0.05, 0.1) is 0 Å². The molecule has 1 aromatic carbocycles. The summed E-state index contributed by atoms with van der Waals surface area (Å²) in [5, 5.41) is 3.50. The Kier molecular flexibility index (Phi) is 5.08. The van der Waals surface area contributed by atoms with Crippen LogP contribution in [-0.2, 0) is 4.79 Å². The number of rotatable bonds is 3. The maximum atomic E-state index is 12.4. The van der Waals surface area contributed by atoms with E-state index in [4.69, 9.17) is 12.2 Å². The topological polar surface area (TPSA) is 37.3 Å². The number of nitrogens with one attached hydrogen (secondary N) is 1. The fourth-order valence-electron chi connectivity index (χ4n) is 3.40. The Bertz CT molecular complexity index is 935. The molecule has 26 heavy (non-hydrogen) atoms. The van der Waals surface area contributed by atoms with E-state index in [1.807, 2.05) is 13.0 Å². The summed E-state index contributed by atoms with van der Waals surface area (Å²) >= 11 is 8.86. The van der Waals surface area contributed by atoms with Crippen LogP contribution in [0.25, 0.3) is 11.8 Å². The predicted octanol–water partition coefficient (Wildman–Crippen LogP) is 4.55. The van der Waals surface area contributed by atoms with E-state index in [2.05, 4.69) is 71.7 Å². The van der Waals surface area contributed by atoms with Crippen LogP contribution in [0.4, 0.5) is 0 Å². The van der Waals surface area contributed by atoms with Crippen LogP contribution >= 0.6 is 28.1 Å². The molecule has 4 nitrogen and oxygen atoms in total. The van der Waals surface area contributed by atoms with Gasteiger partial charge in [0.1, 0.15) is 5.70 Å². The summed E-state index contributed by atoms with van der Waals surface area (Å²) in [7, 11) is 0. The van der Waals surface area contributed by atoms with Gasteiger partial charge in [-0.1, -0.05) is 15.9 Å². The minimum absolute atomic E-state index is 0.0716. The highest BCUT2D eigenvalue weighted by Gasteiger charge is 2.29. The van der Waals surface area contributed by atoms with Crippen LogP contribution in [0.15, 0.2) is 28.4 Å². The van der Waals surface area contributed by atoms with Gasteiger partial charge in [-0.15, -0.1) is 0 Å². The SMILES string of the molecule is CCN1C(=O)/C(=C/c2cc(C)n(-c3cc(C)c(Br)c(C)c3)c2C)NC1=S. The number of thiocarbonyl (C=S) groups is 1. The fourth-order valence-corrected chi connectivity index (χ4v) is 3.95. The van der Waals surface area contributed by atoms with Crippen LogP contribution in [0.3, 0.4) is 0 Å². The molecule has 0 bridgehead atoms. The normalized spacial score (nSPS) is 15.9. The van der Waals surface area contributed by atoms with Crippen molar-refractivity contribution < 1.29 is 4.79 Å². The van der Waals surface area contributed by atoms with Crippen LogP contribution in [0.2, 0.25) is 0 Å². The number of nitrogens with zero attached hydrogens (tertiary/aromatic N) is 2. The van der Waals surface area contributed by atoms with Gasteiger partial charge in [0.25, 0.3) is 5.91 Å². The van der Waals surface area contributed by atoms with E-state index in [9.17, 15) is 4.79 Å². The molecule has 1 amide bonds. The number of hydrogen-bond acceptors (Lipinski definition) is 2. The Morgan fingerprint density at radius 2 is 1.77 bits per heavy atom. The highest BCUT2D eigenvalue weighted by Crippen LogP contribution is 2.28. The Hall–Kier alpha value is -1.92. The largest absolute Gasteiger partial charge is 0.328 e. The molecule has 1 aliphatic rings. The van der Waals surface area contributed by atoms with E-state index in [1.165, 1.54) is 11.1 Å². The van der Waals surface area contributed by atoms with Crippen molar-refractivity contribution in [1.29, 1.82) is 0 Å². The Morgan fingerprint density at radius 3 is 2.31 bits per heavy atom. The monoisotopic (exact) mass is 431 g/mol. The van der Waals surface area contributed by atoms with E-state index in [0.717, 1.165) is 27.1 Å². The number of likely N-dealkylation sites (N-methyl/N-ethyl adjacent to an activating group) is 1. The molecule has 1 saturated heterocycles. The first-order valence-electron chi connectivity index (χ1n) is 8.55. The van der Waals surface area contributed by atoms with Crippen LogP contribution in [0, 0.1) is 27.7 Å². The van der Waals surface area contributed by atoms with Gasteiger partial charge < -0.3 is 9.88 Å². The number of aromatic nitrogens is 1. The summed E-state index contributed by atoms with van der Waals surface area (Å²) in [6.07, 6.45) is 1.89. The molecule has 136 valence electrons. The van der Waals surface area contributed by atoms with E-state index >= 15 is 0 Å². The Balaban J connectivity index is 2.06. The third kappa shape index (κ3) is 3.12. The molecule has 1 N–H and O–H groups in total. The smallest absolute Gasteiger partial charge is 0.276 e. The third-order valence-corrected chi connectivity index (χ3v) is 6.30. The molecular weight excluding hydrogens is 410 g/mol. The molecule has 2 aromatic rings. The van der Waals surface area contributed by atoms with Gasteiger partial charge in [0, 0.05) is 28.1 Å². The third-order valence-electron chi connectivity index (χ3n) is 4.73. The van der Waals surface area contributed by atoms with E-state index in [1.54, 1.807) is 4.90 Å². The van der Waals surface area contributed by atoms with Gasteiger partial charge in [0.15, 0.2) is 5.11 Å². The van der Waals surface area contributed by atoms with Gasteiger partial charge >= 0.3 is 0 Å². The van der Waals surface area contributed by atoms with Crippen LogP contribution in [-0.4, -0.2) is 27.0 Å². The predicted molar refractivity (Wildman–Crippen MR) is 114 cm³/mol. The fraction of sp³-hybridized carbons (Fsp3) is 0.300. The van der Waals surface area contributed by atoms with Crippen molar-refractivity contribution in [3.8, 4) is 5.69 Å². The molecule has 1 aromatic heterocycles. The number of hydrogen-bond donors (Lipinski definition) is 1. The van der Waals surface area contributed by atoms with E-state index in [0.29, 0.717) is 17.4 Å². The number of carbonyl (C=O) groups excluding carboxylic acids is 1. The second-order valence-electron chi connectivity index (χ2n) is 6.59. The molecule has 1 aliphatic heterocycles. The number of halogens is 1. The van der Waals surface area contributed by atoms with Crippen LogP contribution in [0.1, 0.15) is 35.0 Å². The quantitative estimate of drug-likeness (QED) is 0.571. The molecule has 0 radical (unpaired) electrons. The molecular formula is C20H22BrN3OS. The molecule has 0 saturated carbocycles. The van der Waals surface area contributed by atoms with Crippen LogP contribution in [0.5, 0.6) is 0 Å². The standard InChI is InChI=1S/C20H22BrN3OS/c1-6-23-19(25)17(22-20(23)26)10-15-9-13(4)24(14(15)5)16-7-11(2)18(21)12(3)8-16/h7-10H,6H2,1-5H3,(H,22,26)/b17-10-. The van der Waals surface area contributed by atoms with Crippen molar-refractivity contribution >= 4 is 45.2 Å². The van der Waals surface area contributed by atoms with Gasteiger partial charge in [-0.05, 0) is 87.8 Å². The van der Waals surface area contributed by atoms with E-state index in [-0.39, 0.29) is 5.91 Å². The Morgan fingerprint density at radius 1 is 1.15 bits per heavy atom. The molecule has 1 fully saturated rings. The van der Waals surface area contributed by atoms with Crippen molar-refractivity contribution in [1.82, 2.24) is 14.8 Å². The molecule has 0 unspecified atom stereocenters. The highest BCUT2D eigenvalue weighted by molar-refractivity contribution is 9.10. The first-order chi connectivity index (χ1) is 12.2. The number of aryl methyl sites for hydroxylation is 3. The maximum absolute atomic E-state index is 12.4. The van der Waals surface area contributed by atoms with Gasteiger partial charge in [-0.25, -0.2) is 0 Å². The minimum Gasteiger partial charge on any atom is -0.328 e. The minimum atomic E-state index is -0.0716. The second kappa shape index (κ2) is 7.00. The molecule has 2 heterocycles. The lowest BCUT2D eigenvalue weighted by atomic mass is 10.1. The summed E-state index contributed by atoms with van der Waals surface area (Å²) in [5.41, 5.74) is 7.27. The summed E-state index contributed by atoms with van der Waals surface area (Å²) in [4.78, 5) is 14.0. The zero-order valence-electron chi connectivity index (χ0n) is 15.6. The van der Waals surface area contributed by atoms with Crippen molar-refractivity contribution in [2.75, 3.05) is 6.54 Å². The average molecular weight is 432 g/mol. The molecule has 3 rings (SSSR count). The van der Waals surface area contributed by atoms with Crippen molar-refractivity contribution in [3.05, 3.63) is 56.4 Å². The van der Waals surface area contributed by atoms with Gasteiger partial charge in [-0.3, -0.25) is 9.69 Å². The maximum Gasteiger partial charge on any atom is 0.276 e. The van der Waals surface area contributed by atoms with Crippen molar-refractivity contribution in [2.45, 2.75) is 34.6 Å². The van der Waals surface area contributed by atoms with Crippen molar-refractivity contribution in [3.63, 3.8) is 0 Å². The average Bonchev–Trinajstić information content (AvgIpc) is 3.00. The lowest BCUT2D eigenvalue weighted by Gasteiger charge is -2.13. The first-order valence-corrected chi connectivity index (χ1v) is 9.75. The van der Waals surface area contributed by atoms with Crippen molar-refractivity contribution in [2.24, 2.45) is 0 Å². The van der Waals surface area contributed by atoms with Gasteiger partial charge in [-0.2, -0.15) is 0 Å². The molecule has 0 spiro atoms. The summed E-state index contributed by atoms with van der Waals surface area (Å²) in [6, 6.07) is 6.43. The highest BCUT2D eigenvalue weighted by atomic mass is 79.9.